The lowest BCUT2D eigenvalue weighted by atomic mass is 9.82. The number of nitrogens with zero attached hydrogens (tertiary/aromatic N) is 3. The summed E-state index contributed by atoms with van der Waals surface area (Å²) in [5.74, 6) is 1.87. The minimum absolute atomic E-state index is 0.136. The van der Waals surface area contributed by atoms with Crippen LogP contribution >= 0.6 is 11.3 Å². The van der Waals surface area contributed by atoms with E-state index < -0.39 is 0 Å². The van der Waals surface area contributed by atoms with E-state index in [1.54, 1.807) is 30.8 Å². The highest BCUT2D eigenvalue weighted by Crippen LogP contribution is 2.43. The average Bonchev–Trinajstić information content (AvgIpc) is 3.47. The number of carbonyl (C=O) groups excluding carboxylic acids is 1. The van der Waals surface area contributed by atoms with E-state index in [-0.39, 0.29) is 11.9 Å². The zero-order valence-electron chi connectivity index (χ0n) is 17.7. The lowest BCUT2D eigenvalue weighted by molar-refractivity contribution is 0.0613. The van der Waals surface area contributed by atoms with Gasteiger partial charge in [-0.15, -0.1) is 0 Å². The second kappa shape index (κ2) is 8.81. The summed E-state index contributed by atoms with van der Waals surface area (Å²) in [6, 6.07) is 14.5. The second-order valence-electron chi connectivity index (χ2n) is 8.46. The normalized spacial score (nSPS) is 23.5. The maximum atomic E-state index is 13.3. The van der Waals surface area contributed by atoms with E-state index in [4.69, 9.17) is 4.74 Å². The third-order valence-corrected chi connectivity index (χ3v) is 7.42. The molecule has 160 valence electrons. The summed E-state index contributed by atoms with van der Waals surface area (Å²) >= 11 is 1.74. The van der Waals surface area contributed by atoms with Crippen LogP contribution in [0.2, 0.25) is 0 Å². The number of benzene rings is 1. The number of rotatable bonds is 5. The molecule has 0 aliphatic carbocycles. The van der Waals surface area contributed by atoms with Gasteiger partial charge in [-0.3, -0.25) is 14.7 Å². The van der Waals surface area contributed by atoms with Crippen molar-refractivity contribution in [3.05, 3.63) is 82.3 Å². The summed E-state index contributed by atoms with van der Waals surface area (Å²) in [6.45, 7) is 3.70. The van der Waals surface area contributed by atoms with E-state index in [0.717, 1.165) is 43.9 Å². The molecule has 1 aromatic carbocycles. The van der Waals surface area contributed by atoms with Crippen LogP contribution in [0.1, 0.15) is 33.8 Å². The number of hydrogen-bond acceptors (Lipinski definition) is 5. The number of hydrogen-bond donors (Lipinski definition) is 0. The van der Waals surface area contributed by atoms with Gasteiger partial charge in [-0.25, -0.2) is 0 Å². The Kier molecular flexibility index (Phi) is 5.74. The number of amides is 1. The summed E-state index contributed by atoms with van der Waals surface area (Å²) < 4.78 is 5.40. The monoisotopic (exact) mass is 433 g/mol. The van der Waals surface area contributed by atoms with Gasteiger partial charge in [-0.2, -0.15) is 11.3 Å². The lowest BCUT2D eigenvalue weighted by Gasteiger charge is -2.39. The molecule has 3 aromatic rings. The van der Waals surface area contributed by atoms with Crippen molar-refractivity contribution in [2.75, 3.05) is 26.7 Å². The largest absolute Gasteiger partial charge is 0.497 e. The second-order valence-corrected chi connectivity index (χ2v) is 9.24. The highest BCUT2D eigenvalue weighted by Gasteiger charge is 2.47. The number of aromatic nitrogens is 1. The number of thiophene rings is 1. The molecule has 2 aliphatic heterocycles. The first-order chi connectivity index (χ1) is 15.2. The van der Waals surface area contributed by atoms with Gasteiger partial charge in [0.1, 0.15) is 5.75 Å². The van der Waals surface area contributed by atoms with Crippen molar-refractivity contribution >= 4 is 17.2 Å². The van der Waals surface area contributed by atoms with Gasteiger partial charge < -0.3 is 9.64 Å². The third kappa shape index (κ3) is 4.10. The Balaban J connectivity index is 1.37. The minimum atomic E-state index is 0.136. The van der Waals surface area contributed by atoms with Crippen LogP contribution in [0.4, 0.5) is 0 Å². The first-order valence-electron chi connectivity index (χ1n) is 10.8. The number of ether oxygens (including phenoxy) is 1. The van der Waals surface area contributed by atoms with Crippen LogP contribution in [0.5, 0.6) is 5.75 Å². The molecule has 0 spiro atoms. The van der Waals surface area contributed by atoms with Crippen molar-refractivity contribution in [3.8, 4) is 5.75 Å². The van der Waals surface area contributed by atoms with E-state index in [2.05, 4.69) is 49.8 Å². The average molecular weight is 434 g/mol. The van der Waals surface area contributed by atoms with Gasteiger partial charge >= 0.3 is 0 Å². The van der Waals surface area contributed by atoms with Crippen LogP contribution in [0.15, 0.2) is 65.6 Å². The van der Waals surface area contributed by atoms with Gasteiger partial charge in [0, 0.05) is 62.0 Å². The number of pyridine rings is 1. The van der Waals surface area contributed by atoms with E-state index >= 15 is 0 Å². The predicted octanol–water partition coefficient (Wildman–Crippen LogP) is 4.28. The van der Waals surface area contributed by atoms with Gasteiger partial charge in [0.25, 0.3) is 5.91 Å². The van der Waals surface area contributed by atoms with Crippen LogP contribution in [-0.2, 0) is 6.54 Å². The summed E-state index contributed by atoms with van der Waals surface area (Å²) in [6.07, 6.45) is 4.41. The zero-order valence-corrected chi connectivity index (χ0v) is 18.5. The molecule has 0 saturated carbocycles. The SMILES string of the molecule is COc1cccc(CN2CC[C@H]3[C@@H](C2)[C@H](c2ccsc2)CN3C(=O)c2ccncc2)c1. The lowest BCUT2D eigenvalue weighted by Crippen LogP contribution is -2.47. The molecule has 2 aliphatic rings. The first kappa shape index (κ1) is 20.2. The van der Waals surface area contributed by atoms with Crippen molar-refractivity contribution in [1.82, 2.24) is 14.8 Å². The molecule has 31 heavy (non-hydrogen) atoms. The number of fused-ring (bicyclic) bond motifs is 1. The topological polar surface area (TPSA) is 45.7 Å². The number of methoxy groups -OCH3 is 1. The molecule has 6 heteroatoms. The molecule has 2 saturated heterocycles. The fourth-order valence-corrected chi connectivity index (χ4v) is 5.93. The maximum absolute atomic E-state index is 13.3. The summed E-state index contributed by atoms with van der Waals surface area (Å²) in [5, 5.41) is 4.40. The predicted molar refractivity (Wildman–Crippen MR) is 122 cm³/mol. The Hall–Kier alpha value is -2.70. The first-order valence-corrected chi connectivity index (χ1v) is 11.8. The molecular formula is C25H27N3O2S. The Morgan fingerprint density at radius 2 is 2.06 bits per heavy atom. The van der Waals surface area contributed by atoms with E-state index in [1.807, 2.05) is 18.2 Å². The Morgan fingerprint density at radius 3 is 2.84 bits per heavy atom. The van der Waals surface area contributed by atoms with Gasteiger partial charge in [0.2, 0.25) is 0 Å². The van der Waals surface area contributed by atoms with Crippen LogP contribution in [-0.4, -0.2) is 53.5 Å². The van der Waals surface area contributed by atoms with Gasteiger partial charge in [-0.05, 0) is 58.6 Å². The molecule has 0 unspecified atom stereocenters. The Morgan fingerprint density at radius 1 is 1.19 bits per heavy atom. The van der Waals surface area contributed by atoms with Crippen molar-refractivity contribution < 1.29 is 9.53 Å². The molecule has 3 atom stereocenters. The van der Waals surface area contributed by atoms with E-state index in [0.29, 0.717) is 11.8 Å². The third-order valence-electron chi connectivity index (χ3n) is 6.71. The van der Waals surface area contributed by atoms with E-state index in [1.165, 1.54) is 11.1 Å². The molecule has 5 rings (SSSR count). The molecule has 0 bridgehead atoms. The molecule has 2 fully saturated rings. The van der Waals surface area contributed by atoms with Gasteiger partial charge in [0.05, 0.1) is 7.11 Å². The van der Waals surface area contributed by atoms with Crippen molar-refractivity contribution in [2.24, 2.45) is 5.92 Å². The molecule has 0 N–H and O–H groups in total. The Bertz CT molecular complexity index is 1020. The van der Waals surface area contributed by atoms with Crippen LogP contribution in [0, 0.1) is 5.92 Å². The van der Waals surface area contributed by atoms with Gasteiger partial charge in [0.15, 0.2) is 0 Å². The van der Waals surface area contributed by atoms with E-state index in [9.17, 15) is 4.79 Å². The molecule has 0 radical (unpaired) electrons. The highest BCUT2D eigenvalue weighted by atomic mass is 32.1. The quantitative estimate of drug-likeness (QED) is 0.602. The fourth-order valence-electron chi connectivity index (χ4n) is 5.21. The molecular weight excluding hydrogens is 406 g/mol. The van der Waals surface area contributed by atoms with Crippen LogP contribution < -0.4 is 4.74 Å². The smallest absolute Gasteiger partial charge is 0.254 e. The highest BCUT2D eigenvalue weighted by molar-refractivity contribution is 7.08. The standard InChI is InChI=1S/C25H27N3O2S/c1-30-21-4-2-3-18(13-21)14-27-11-7-24-23(15-27)22(20-8-12-31-17-20)16-28(24)25(29)19-5-9-26-10-6-19/h2-6,8-10,12-13,17,22-24H,7,11,14-16H2,1H3/t22-,23-,24-/m0/s1. The van der Waals surface area contributed by atoms with Crippen LogP contribution in [0.3, 0.4) is 0 Å². The number of likely N-dealkylation sites (tertiary alicyclic amines) is 2. The van der Waals surface area contributed by atoms with Crippen molar-refractivity contribution in [2.45, 2.75) is 24.9 Å². The number of piperidine rings is 1. The number of carbonyl (C=O) groups is 1. The summed E-state index contributed by atoms with van der Waals surface area (Å²) in [7, 11) is 1.71. The molecule has 2 aromatic heterocycles. The van der Waals surface area contributed by atoms with Crippen LogP contribution in [0.25, 0.3) is 0 Å². The maximum Gasteiger partial charge on any atom is 0.254 e. The zero-order chi connectivity index (χ0) is 21.2. The summed E-state index contributed by atoms with van der Waals surface area (Å²) in [5.41, 5.74) is 3.37. The van der Waals surface area contributed by atoms with Crippen molar-refractivity contribution in [3.63, 3.8) is 0 Å². The fraction of sp³-hybridized carbons (Fsp3) is 0.360. The van der Waals surface area contributed by atoms with Crippen molar-refractivity contribution in [1.29, 1.82) is 0 Å². The minimum Gasteiger partial charge on any atom is -0.497 e. The summed E-state index contributed by atoms with van der Waals surface area (Å²) in [4.78, 5) is 22.1. The molecule has 5 nitrogen and oxygen atoms in total. The van der Waals surface area contributed by atoms with Gasteiger partial charge in [-0.1, -0.05) is 12.1 Å². The molecule has 1 amide bonds. The molecule has 4 heterocycles. The Labute approximate surface area is 187 Å².